The molecule has 3 heteroatoms. The van der Waals surface area contributed by atoms with Gasteiger partial charge in [0.05, 0.1) is 5.41 Å². The number of nitrogen functional groups attached to an aromatic ring is 1. The van der Waals surface area contributed by atoms with E-state index >= 15 is 0 Å². The summed E-state index contributed by atoms with van der Waals surface area (Å²) in [6, 6.07) is 5.83. The second-order valence-corrected chi connectivity index (χ2v) is 4.89. The molecule has 0 bridgehead atoms. The number of hydrogen-bond donors (Lipinski definition) is 1. The van der Waals surface area contributed by atoms with Gasteiger partial charge in [-0.15, -0.1) is 0 Å². The predicted octanol–water partition coefficient (Wildman–Crippen LogP) is 2.06. The largest absolute Gasteiger partial charge is 0.398 e. The maximum atomic E-state index is 12.4. The lowest BCUT2D eigenvalue weighted by molar-refractivity contribution is -0.122. The lowest BCUT2D eigenvalue weighted by Gasteiger charge is -2.22. The minimum absolute atomic E-state index is 0.234. The summed E-state index contributed by atoms with van der Waals surface area (Å²) in [6.07, 6.45) is 4.18. The van der Waals surface area contributed by atoms with Gasteiger partial charge in [-0.3, -0.25) is 4.79 Å². The van der Waals surface area contributed by atoms with Crippen molar-refractivity contribution in [3.63, 3.8) is 0 Å². The van der Waals surface area contributed by atoms with Crippen molar-refractivity contribution in [1.29, 1.82) is 0 Å². The van der Waals surface area contributed by atoms with Crippen LogP contribution in [0.25, 0.3) is 0 Å². The van der Waals surface area contributed by atoms with Crippen LogP contribution < -0.4 is 10.6 Å². The summed E-state index contributed by atoms with van der Waals surface area (Å²) in [5.74, 6) is 0.234. The van der Waals surface area contributed by atoms with Crippen molar-refractivity contribution in [2.75, 3.05) is 17.7 Å². The maximum Gasteiger partial charge on any atom is 0.237 e. The van der Waals surface area contributed by atoms with E-state index in [0.29, 0.717) is 0 Å². The number of nitrogens with zero attached hydrogens (tertiary/aromatic N) is 1. The molecule has 1 spiro atoms. The summed E-state index contributed by atoms with van der Waals surface area (Å²) in [7, 11) is 1.85. The highest BCUT2D eigenvalue weighted by Crippen LogP contribution is 2.52. The lowest BCUT2D eigenvalue weighted by atomic mass is 9.79. The normalized spacial score (nSPS) is 21.8. The number of likely N-dealkylation sites (N-methyl/N-ethyl adjacent to an activating group) is 1. The van der Waals surface area contributed by atoms with Gasteiger partial charge in [-0.2, -0.15) is 0 Å². The first-order valence-corrected chi connectivity index (χ1v) is 5.84. The van der Waals surface area contributed by atoms with Crippen LogP contribution in [-0.2, 0) is 10.2 Å². The molecule has 2 aliphatic rings. The average Bonchev–Trinajstić information content (AvgIpc) is 2.83. The molecule has 2 N–H and O–H groups in total. The molecule has 1 aliphatic carbocycles. The molecule has 0 saturated heterocycles. The average molecular weight is 216 g/mol. The van der Waals surface area contributed by atoms with Gasteiger partial charge in [0.1, 0.15) is 0 Å². The van der Waals surface area contributed by atoms with Crippen LogP contribution in [-0.4, -0.2) is 13.0 Å². The van der Waals surface area contributed by atoms with Gasteiger partial charge in [-0.25, -0.2) is 0 Å². The maximum absolute atomic E-state index is 12.4. The summed E-state index contributed by atoms with van der Waals surface area (Å²) in [4.78, 5) is 14.2. The Morgan fingerprint density at radius 1 is 1.31 bits per heavy atom. The third-order valence-corrected chi connectivity index (χ3v) is 4.09. The van der Waals surface area contributed by atoms with E-state index in [-0.39, 0.29) is 11.3 Å². The van der Waals surface area contributed by atoms with Gasteiger partial charge in [-0.1, -0.05) is 18.9 Å². The number of carbonyl (C=O) groups excluding carboxylic acids is 1. The van der Waals surface area contributed by atoms with Crippen LogP contribution in [0.5, 0.6) is 0 Å². The van der Waals surface area contributed by atoms with Gasteiger partial charge in [0.15, 0.2) is 0 Å². The van der Waals surface area contributed by atoms with Crippen LogP contribution in [0, 0.1) is 0 Å². The van der Waals surface area contributed by atoms with Crippen molar-refractivity contribution >= 4 is 17.3 Å². The molecule has 0 atom stereocenters. The standard InChI is InChI=1S/C13H16N2O/c1-15-10-6-4-5-9(14)11(10)13(12(15)16)7-2-3-8-13/h4-6H,2-3,7-8,14H2,1H3. The minimum atomic E-state index is -0.296. The Balaban J connectivity index is 2.27. The number of nitrogens with two attached hydrogens (primary N) is 1. The third kappa shape index (κ3) is 0.958. The monoisotopic (exact) mass is 216 g/mol. The summed E-state index contributed by atoms with van der Waals surface area (Å²) >= 11 is 0. The Kier molecular flexibility index (Phi) is 1.82. The Labute approximate surface area is 95.2 Å². The molecule has 1 aromatic carbocycles. The van der Waals surface area contributed by atoms with Crippen LogP contribution >= 0.6 is 0 Å². The number of benzene rings is 1. The fourth-order valence-corrected chi connectivity index (χ4v) is 3.34. The lowest BCUT2D eigenvalue weighted by Crippen LogP contribution is -2.36. The molecule has 1 aliphatic heterocycles. The number of amides is 1. The van der Waals surface area contributed by atoms with Gasteiger partial charge in [-0.05, 0) is 25.0 Å². The highest BCUT2D eigenvalue weighted by molar-refractivity contribution is 6.09. The third-order valence-electron chi connectivity index (χ3n) is 4.09. The first-order chi connectivity index (χ1) is 7.67. The van der Waals surface area contributed by atoms with Crippen LogP contribution in [0.1, 0.15) is 31.2 Å². The fourth-order valence-electron chi connectivity index (χ4n) is 3.34. The van der Waals surface area contributed by atoms with Crippen molar-refractivity contribution in [1.82, 2.24) is 0 Å². The first-order valence-electron chi connectivity index (χ1n) is 5.84. The molecular formula is C13H16N2O. The van der Waals surface area contributed by atoms with E-state index in [1.54, 1.807) is 4.90 Å². The molecule has 3 rings (SSSR count). The zero-order chi connectivity index (χ0) is 11.3. The van der Waals surface area contributed by atoms with Gasteiger partial charge < -0.3 is 10.6 Å². The Morgan fingerprint density at radius 3 is 2.69 bits per heavy atom. The number of hydrogen-bond acceptors (Lipinski definition) is 2. The van der Waals surface area contributed by atoms with Crippen molar-refractivity contribution in [2.24, 2.45) is 0 Å². The van der Waals surface area contributed by atoms with Gasteiger partial charge in [0, 0.05) is 24.0 Å². The summed E-state index contributed by atoms with van der Waals surface area (Å²) in [6.45, 7) is 0. The molecule has 0 aromatic heterocycles. The van der Waals surface area contributed by atoms with E-state index in [4.69, 9.17) is 5.73 Å². The molecular weight excluding hydrogens is 200 g/mol. The number of rotatable bonds is 0. The van der Waals surface area contributed by atoms with Crippen LogP contribution in [0.4, 0.5) is 11.4 Å². The van der Waals surface area contributed by atoms with Crippen molar-refractivity contribution in [3.8, 4) is 0 Å². The van der Waals surface area contributed by atoms with Crippen molar-refractivity contribution in [2.45, 2.75) is 31.1 Å². The first kappa shape index (κ1) is 9.70. The Morgan fingerprint density at radius 2 is 2.00 bits per heavy atom. The van der Waals surface area contributed by atoms with E-state index in [2.05, 4.69) is 0 Å². The van der Waals surface area contributed by atoms with Crippen molar-refractivity contribution < 1.29 is 4.79 Å². The summed E-state index contributed by atoms with van der Waals surface area (Å²) < 4.78 is 0. The van der Waals surface area contributed by atoms with E-state index in [9.17, 15) is 4.79 Å². The van der Waals surface area contributed by atoms with E-state index in [0.717, 1.165) is 42.6 Å². The SMILES string of the molecule is CN1C(=O)C2(CCCC2)c2c(N)cccc21. The molecule has 1 saturated carbocycles. The fraction of sp³-hybridized carbons (Fsp3) is 0.462. The van der Waals surface area contributed by atoms with E-state index < -0.39 is 0 Å². The van der Waals surface area contributed by atoms with Crippen LogP contribution in [0.3, 0.4) is 0 Å². The Hall–Kier alpha value is -1.51. The van der Waals surface area contributed by atoms with E-state index in [1.807, 2.05) is 25.2 Å². The molecule has 0 unspecified atom stereocenters. The second-order valence-electron chi connectivity index (χ2n) is 4.89. The van der Waals surface area contributed by atoms with Crippen LogP contribution in [0.2, 0.25) is 0 Å². The van der Waals surface area contributed by atoms with Gasteiger partial charge in [0.25, 0.3) is 0 Å². The second kappa shape index (κ2) is 3.00. The van der Waals surface area contributed by atoms with E-state index in [1.165, 1.54) is 0 Å². The molecule has 1 fully saturated rings. The number of fused-ring (bicyclic) bond motifs is 2. The molecule has 0 radical (unpaired) electrons. The zero-order valence-electron chi connectivity index (χ0n) is 9.49. The quantitative estimate of drug-likeness (QED) is 0.675. The highest BCUT2D eigenvalue weighted by atomic mass is 16.2. The smallest absolute Gasteiger partial charge is 0.237 e. The minimum Gasteiger partial charge on any atom is -0.398 e. The van der Waals surface area contributed by atoms with Crippen LogP contribution in [0.15, 0.2) is 18.2 Å². The van der Waals surface area contributed by atoms with Gasteiger partial charge in [0.2, 0.25) is 5.91 Å². The highest BCUT2D eigenvalue weighted by Gasteiger charge is 2.51. The zero-order valence-corrected chi connectivity index (χ0v) is 9.49. The summed E-state index contributed by atoms with van der Waals surface area (Å²) in [5.41, 5.74) is 8.64. The number of anilines is 2. The molecule has 16 heavy (non-hydrogen) atoms. The summed E-state index contributed by atoms with van der Waals surface area (Å²) in [5, 5.41) is 0. The topological polar surface area (TPSA) is 46.3 Å². The Bertz CT molecular complexity index is 461. The molecule has 3 nitrogen and oxygen atoms in total. The predicted molar refractivity (Wildman–Crippen MR) is 64.4 cm³/mol. The molecule has 1 heterocycles. The molecule has 1 aromatic rings. The number of carbonyl (C=O) groups is 1. The van der Waals surface area contributed by atoms with Gasteiger partial charge >= 0.3 is 0 Å². The molecule has 84 valence electrons. The van der Waals surface area contributed by atoms with Crippen molar-refractivity contribution in [3.05, 3.63) is 23.8 Å². The molecule has 1 amide bonds.